The summed E-state index contributed by atoms with van der Waals surface area (Å²) in [5.41, 5.74) is 1.47. The lowest BCUT2D eigenvalue weighted by atomic mass is 9.96. The standard InChI is InChI=1S/C22H32N6O2/c1-16(2)15-28-19-14-23-9-8-18(19)25-20(21(28)29)26-10-12-27(13-11-26)22(30)24-17-6-4-3-5-7-17/h8-9,14,16-17H,3-7,10-13,15H2,1-2H3,(H,24,30). The summed E-state index contributed by atoms with van der Waals surface area (Å²) in [5, 5.41) is 3.19. The van der Waals surface area contributed by atoms with E-state index < -0.39 is 0 Å². The van der Waals surface area contributed by atoms with Crippen LogP contribution in [0.5, 0.6) is 0 Å². The molecule has 0 atom stereocenters. The zero-order valence-electron chi connectivity index (χ0n) is 18.0. The lowest BCUT2D eigenvalue weighted by molar-refractivity contribution is 0.186. The molecular formula is C22H32N6O2. The molecule has 1 aliphatic heterocycles. The molecule has 2 aromatic heterocycles. The van der Waals surface area contributed by atoms with Gasteiger partial charge in [0.1, 0.15) is 0 Å². The van der Waals surface area contributed by atoms with Gasteiger partial charge in [-0.25, -0.2) is 9.78 Å². The molecule has 3 heterocycles. The molecule has 30 heavy (non-hydrogen) atoms. The normalized spacial score (nSPS) is 18.2. The predicted molar refractivity (Wildman–Crippen MR) is 118 cm³/mol. The fourth-order valence-corrected chi connectivity index (χ4v) is 4.46. The number of hydrogen-bond donors (Lipinski definition) is 1. The molecule has 2 aliphatic rings. The molecule has 1 saturated carbocycles. The molecule has 0 bridgehead atoms. The third kappa shape index (κ3) is 4.42. The summed E-state index contributed by atoms with van der Waals surface area (Å²) in [6.07, 6.45) is 9.25. The Morgan fingerprint density at radius 1 is 1.17 bits per heavy atom. The van der Waals surface area contributed by atoms with E-state index in [9.17, 15) is 9.59 Å². The van der Waals surface area contributed by atoms with Gasteiger partial charge in [0.25, 0.3) is 5.56 Å². The van der Waals surface area contributed by atoms with Crippen LogP contribution in [0.1, 0.15) is 46.0 Å². The molecular weight excluding hydrogens is 380 g/mol. The first-order chi connectivity index (χ1) is 14.5. The van der Waals surface area contributed by atoms with Crippen LogP contribution in [0, 0.1) is 5.92 Å². The molecule has 0 radical (unpaired) electrons. The molecule has 1 aliphatic carbocycles. The van der Waals surface area contributed by atoms with Gasteiger partial charge in [-0.05, 0) is 24.8 Å². The number of urea groups is 1. The zero-order valence-corrected chi connectivity index (χ0v) is 18.0. The third-order valence-electron chi connectivity index (χ3n) is 6.08. The van der Waals surface area contributed by atoms with Gasteiger partial charge in [0.05, 0.1) is 17.2 Å². The second-order valence-electron chi connectivity index (χ2n) is 8.87. The highest BCUT2D eigenvalue weighted by Crippen LogP contribution is 2.19. The van der Waals surface area contributed by atoms with Gasteiger partial charge in [0.2, 0.25) is 0 Å². The van der Waals surface area contributed by atoms with Gasteiger partial charge in [-0.1, -0.05) is 33.1 Å². The SMILES string of the molecule is CC(C)Cn1c(=O)c(N2CCN(C(=O)NC3CCCCC3)CC2)nc2ccncc21. The number of anilines is 1. The molecule has 2 aromatic rings. The number of nitrogens with zero attached hydrogens (tertiary/aromatic N) is 5. The van der Waals surface area contributed by atoms with Gasteiger partial charge in [-0.2, -0.15) is 0 Å². The van der Waals surface area contributed by atoms with Crippen LogP contribution in [0.25, 0.3) is 11.0 Å². The van der Waals surface area contributed by atoms with Crippen LogP contribution in [0.2, 0.25) is 0 Å². The van der Waals surface area contributed by atoms with Gasteiger partial charge in [-0.15, -0.1) is 0 Å². The maximum atomic E-state index is 13.2. The van der Waals surface area contributed by atoms with Crippen molar-refractivity contribution in [2.75, 3.05) is 31.1 Å². The molecule has 1 N–H and O–H groups in total. The molecule has 8 nitrogen and oxygen atoms in total. The van der Waals surface area contributed by atoms with Crippen molar-refractivity contribution in [3.63, 3.8) is 0 Å². The molecule has 2 fully saturated rings. The van der Waals surface area contributed by atoms with E-state index in [1.807, 2.05) is 15.9 Å². The highest BCUT2D eigenvalue weighted by Gasteiger charge is 2.26. The number of piperazine rings is 1. The van der Waals surface area contributed by atoms with Gasteiger partial charge in [0, 0.05) is 45.0 Å². The van der Waals surface area contributed by atoms with E-state index in [1.165, 1.54) is 19.3 Å². The maximum absolute atomic E-state index is 13.2. The smallest absolute Gasteiger partial charge is 0.317 e. The number of rotatable bonds is 4. The largest absolute Gasteiger partial charge is 0.348 e. The van der Waals surface area contributed by atoms with E-state index in [1.54, 1.807) is 17.0 Å². The van der Waals surface area contributed by atoms with Crippen molar-refractivity contribution in [3.05, 3.63) is 28.8 Å². The van der Waals surface area contributed by atoms with Gasteiger partial charge in [-0.3, -0.25) is 9.78 Å². The Morgan fingerprint density at radius 3 is 2.60 bits per heavy atom. The second-order valence-corrected chi connectivity index (χ2v) is 8.87. The lowest BCUT2D eigenvalue weighted by Crippen LogP contribution is -2.54. The summed E-state index contributed by atoms with van der Waals surface area (Å²) < 4.78 is 1.79. The maximum Gasteiger partial charge on any atom is 0.317 e. The Balaban J connectivity index is 1.48. The summed E-state index contributed by atoms with van der Waals surface area (Å²) >= 11 is 0. The summed E-state index contributed by atoms with van der Waals surface area (Å²) in [6.45, 7) is 7.23. The van der Waals surface area contributed by atoms with Crippen LogP contribution in [0.4, 0.5) is 10.6 Å². The summed E-state index contributed by atoms with van der Waals surface area (Å²) in [4.78, 5) is 38.6. The molecule has 2 amide bonds. The quantitative estimate of drug-likeness (QED) is 0.835. The van der Waals surface area contributed by atoms with E-state index in [-0.39, 0.29) is 11.6 Å². The number of amides is 2. The van der Waals surface area contributed by atoms with Gasteiger partial charge < -0.3 is 19.7 Å². The van der Waals surface area contributed by atoms with E-state index in [0.717, 1.165) is 23.9 Å². The van der Waals surface area contributed by atoms with Crippen LogP contribution in [0.3, 0.4) is 0 Å². The van der Waals surface area contributed by atoms with Crippen LogP contribution in [0.15, 0.2) is 23.3 Å². The number of carbonyl (C=O) groups is 1. The first kappa shape index (κ1) is 20.6. The highest BCUT2D eigenvalue weighted by molar-refractivity contribution is 5.76. The fourth-order valence-electron chi connectivity index (χ4n) is 4.46. The molecule has 0 aromatic carbocycles. The van der Waals surface area contributed by atoms with Crippen molar-refractivity contribution >= 4 is 22.9 Å². The molecule has 1 saturated heterocycles. The summed E-state index contributed by atoms with van der Waals surface area (Å²) in [7, 11) is 0. The number of hydrogen-bond acceptors (Lipinski definition) is 5. The summed E-state index contributed by atoms with van der Waals surface area (Å²) in [6, 6.07) is 2.18. The van der Waals surface area contributed by atoms with Crippen molar-refractivity contribution < 1.29 is 4.79 Å². The number of pyridine rings is 1. The first-order valence-corrected chi connectivity index (χ1v) is 11.2. The fraction of sp³-hybridized carbons (Fsp3) is 0.636. The number of nitrogens with one attached hydrogen (secondary N) is 1. The minimum absolute atomic E-state index is 0.0244. The van der Waals surface area contributed by atoms with E-state index in [0.29, 0.717) is 50.5 Å². The number of fused-ring (bicyclic) bond motifs is 1. The average molecular weight is 413 g/mol. The van der Waals surface area contributed by atoms with Crippen molar-refractivity contribution in [2.24, 2.45) is 5.92 Å². The van der Waals surface area contributed by atoms with E-state index >= 15 is 0 Å². The Hall–Kier alpha value is -2.64. The monoisotopic (exact) mass is 412 g/mol. The minimum atomic E-state index is -0.0793. The lowest BCUT2D eigenvalue weighted by Gasteiger charge is -2.36. The molecule has 8 heteroatoms. The van der Waals surface area contributed by atoms with Gasteiger partial charge in [0.15, 0.2) is 5.82 Å². The molecule has 162 valence electrons. The van der Waals surface area contributed by atoms with E-state index in [2.05, 4.69) is 29.1 Å². The van der Waals surface area contributed by atoms with Crippen LogP contribution >= 0.6 is 0 Å². The Kier molecular flexibility index (Phi) is 6.20. The van der Waals surface area contributed by atoms with Crippen LogP contribution < -0.4 is 15.8 Å². The van der Waals surface area contributed by atoms with Crippen molar-refractivity contribution in [1.82, 2.24) is 24.8 Å². The van der Waals surface area contributed by atoms with Gasteiger partial charge >= 0.3 is 6.03 Å². The minimum Gasteiger partial charge on any atom is -0.348 e. The zero-order chi connectivity index (χ0) is 21.1. The Bertz CT molecular complexity index is 942. The Labute approximate surface area is 177 Å². The molecule has 4 rings (SSSR count). The molecule has 0 spiro atoms. The van der Waals surface area contributed by atoms with Crippen molar-refractivity contribution in [3.8, 4) is 0 Å². The topological polar surface area (TPSA) is 83.4 Å². The second kappa shape index (κ2) is 9.02. The highest BCUT2D eigenvalue weighted by atomic mass is 16.2. The third-order valence-corrected chi connectivity index (χ3v) is 6.08. The van der Waals surface area contributed by atoms with Crippen molar-refractivity contribution in [2.45, 2.75) is 58.5 Å². The average Bonchev–Trinajstić information content (AvgIpc) is 2.76. The summed E-state index contributed by atoms with van der Waals surface area (Å²) in [5.74, 6) is 0.809. The number of carbonyl (C=O) groups excluding carboxylic acids is 1. The first-order valence-electron chi connectivity index (χ1n) is 11.2. The predicted octanol–water partition coefficient (Wildman–Crippen LogP) is 2.61. The molecule has 0 unspecified atom stereocenters. The van der Waals surface area contributed by atoms with Crippen molar-refractivity contribution in [1.29, 1.82) is 0 Å². The van der Waals surface area contributed by atoms with E-state index in [4.69, 9.17) is 0 Å². The Morgan fingerprint density at radius 2 is 1.90 bits per heavy atom. The number of aromatic nitrogens is 3. The van der Waals surface area contributed by atoms with Crippen LogP contribution in [-0.4, -0.2) is 57.7 Å². The van der Waals surface area contributed by atoms with Crippen LogP contribution in [-0.2, 0) is 6.54 Å².